The SMILES string of the molecule is CO[Si](CCC(C)NCCN)(OC)OC. The third-order valence-corrected chi connectivity index (χ3v) is 5.22. The second-order valence-electron chi connectivity index (χ2n) is 3.48. The van der Waals surface area contributed by atoms with Crippen LogP contribution in [0.2, 0.25) is 6.04 Å². The zero-order chi connectivity index (χ0) is 11.7. The maximum Gasteiger partial charge on any atom is 0.500 e. The maximum atomic E-state index is 5.41. The van der Waals surface area contributed by atoms with Crippen molar-refractivity contribution < 1.29 is 13.3 Å². The molecule has 0 aliphatic rings. The molecule has 15 heavy (non-hydrogen) atoms. The molecule has 0 aromatic carbocycles. The Kier molecular flexibility index (Phi) is 8.21. The molecule has 0 aliphatic heterocycles. The van der Waals surface area contributed by atoms with E-state index in [1.165, 1.54) is 0 Å². The number of hydrogen-bond acceptors (Lipinski definition) is 5. The van der Waals surface area contributed by atoms with Gasteiger partial charge in [-0.3, -0.25) is 0 Å². The average Bonchev–Trinajstić information content (AvgIpc) is 2.29. The van der Waals surface area contributed by atoms with Crippen molar-refractivity contribution in [3.63, 3.8) is 0 Å². The monoisotopic (exact) mass is 236 g/mol. The molecule has 0 amide bonds. The summed E-state index contributed by atoms with van der Waals surface area (Å²) in [6.07, 6.45) is 0.960. The summed E-state index contributed by atoms with van der Waals surface area (Å²) >= 11 is 0. The van der Waals surface area contributed by atoms with Crippen LogP contribution in [0.5, 0.6) is 0 Å². The molecule has 6 heteroatoms. The van der Waals surface area contributed by atoms with E-state index in [9.17, 15) is 0 Å². The van der Waals surface area contributed by atoms with Crippen LogP contribution in [0, 0.1) is 0 Å². The third kappa shape index (κ3) is 5.60. The Labute approximate surface area is 93.6 Å². The quantitative estimate of drug-likeness (QED) is 0.560. The van der Waals surface area contributed by atoms with Crippen LogP contribution >= 0.6 is 0 Å². The Morgan fingerprint density at radius 1 is 1.20 bits per heavy atom. The topological polar surface area (TPSA) is 65.7 Å². The molecule has 5 nitrogen and oxygen atoms in total. The van der Waals surface area contributed by atoms with Crippen molar-refractivity contribution in [3.8, 4) is 0 Å². The van der Waals surface area contributed by atoms with Gasteiger partial charge in [0.1, 0.15) is 0 Å². The molecule has 0 aliphatic carbocycles. The van der Waals surface area contributed by atoms with E-state index in [1.807, 2.05) is 0 Å². The Balaban J connectivity index is 3.88. The van der Waals surface area contributed by atoms with Gasteiger partial charge in [-0.25, -0.2) is 0 Å². The normalized spacial score (nSPS) is 14.2. The van der Waals surface area contributed by atoms with E-state index >= 15 is 0 Å². The minimum absolute atomic E-state index is 0.404. The predicted octanol–water partition coefficient (Wildman–Crippen LogP) is 0.191. The zero-order valence-corrected chi connectivity index (χ0v) is 11.2. The molecule has 3 N–H and O–H groups in total. The number of nitrogens with one attached hydrogen (secondary N) is 1. The van der Waals surface area contributed by atoms with Crippen LogP contribution in [0.4, 0.5) is 0 Å². The minimum Gasteiger partial charge on any atom is -0.377 e. The van der Waals surface area contributed by atoms with Crippen LogP contribution in [0.3, 0.4) is 0 Å². The molecule has 1 unspecified atom stereocenters. The van der Waals surface area contributed by atoms with E-state index in [4.69, 9.17) is 19.0 Å². The number of hydrogen-bond donors (Lipinski definition) is 2. The standard InChI is InChI=1S/C9H24N2O3Si/c1-9(11-7-6-10)5-8-15(12-2,13-3)14-4/h9,11H,5-8,10H2,1-4H3. The van der Waals surface area contributed by atoms with E-state index in [-0.39, 0.29) is 0 Å². The lowest BCUT2D eigenvalue weighted by Crippen LogP contribution is -2.44. The van der Waals surface area contributed by atoms with Crippen molar-refractivity contribution in [3.05, 3.63) is 0 Å². The molecule has 0 heterocycles. The van der Waals surface area contributed by atoms with Gasteiger partial charge in [-0.05, 0) is 13.3 Å². The highest BCUT2D eigenvalue weighted by Crippen LogP contribution is 2.16. The predicted molar refractivity (Wildman–Crippen MR) is 62.7 cm³/mol. The summed E-state index contributed by atoms with van der Waals surface area (Å²) < 4.78 is 16.0. The molecule has 0 saturated carbocycles. The smallest absolute Gasteiger partial charge is 0.377 e. The van der Waals surface area contributed by atoms with E-state index < -0.39 is 8.80 Å². The molecule has 0 fully saturated rings. The second kappa shape index (κ2) is 8.20. The highest BCUT2D eigenvalue weighted by atomic mass is 28.4. The largest absolute Gasteiger partial charge is 0.500 e. The average molecular weight is 236 g/mol. The van der Waals surface area contributed by atoms with Crippen LogP contribution in [0.1, 0.15) is 13.3 Å². The maximum absolute atomic E-state index is 5.41. The van der Waals surface area contributed by atoms with Gasteiger partial charge in [-0.2, -0.15) is 0 Å². The van der Waals surface area contributed by atoms with Crippen LogP contribution < -0.4 is 11.1 Å². The van der Waals surface area contributed by atoms with Gasteiger partial charge >= 0.3 is 8.80 Å². The van der Waals surface area contributed by atoms with Crippen molar-refractivity contribution in [2.24, 2.45) is 5.73 Å². The molecule has 1 atom stereocenters. The summed E-state index contributed by atoms with van der Waals surface area (Å²) in [4.78, 5) is 0. The summed E-state index contributed by atoms with van der Waals surface area (Å²) in [5, 5.41) is 3.31. The molecule has 0 radical (unpaired) electrons. The van der Waals surface area contributed by atoms with Crippen molar-refractivity contribution in [1.29, 1.82) is 0 Å². The zero-order valence-electron chi connectivity index (χ0n) is 10.2. The van der Waals surface area contributed by atoms with Gasteiger partial charge in [0.2, 0.25) is 0 Å². The molecular weight excluding hydrogens is 212 g/mol. The first-order valence-electron chi connectivity index (χ1n) is 5.23. The van der Waals surface area contributed by atoms with Crippen molar-refractivity contribution in [1.82, 2.24) is 5.32 Å². The summed E-state index contributed by atoms with van der Waals surface area (Å²) in [5.74, 6) is 0. The van der Waals surface area contributed by atoms with Gasteiger partial charge in [-0.15, -0.1) is 0 Å². The molecule has 0 saturated heterocycles. The Bertz CT molecular complexity index is 148. The van der Waals surface area contributed by atoms with Gasteiger partial charge in [0.05, 0.1) is 0 Å². The number of nitrogens with two attached hydrogens (primary N) is 1. The first-order chi connectivity index (χ1) is 7.14. The lowest BCUT2D eigenvalue weighted by atomic mass is 10.2. The van der Waals surface area contributed by atoms with E-state index in [1.54, 1.807) is 21.3 Å². The summed E-state index contributed by atoms with van der Waals surface area (Å²) in [7, 11) is 2.52. The molecule has 0 spiro atoms. The van der Waals surface area contributed by atoms with E-state index in [0.717, 1.165) is 19.0 Å². The molecule has 0 bridgehead atoms. The molecule has 92 valence electrons. The van der Waals surface area contributed by atoms with Gasteiger partial charge in [0.15, 0.2) is 0 Å². The lowest BCUT2D eigenvalue weighted by molar-refractivity contribution is 0.122. The first-order valence-corrected chi connectivity index (χ1v) is 7.16. The lowest BCUT2D eigenvalue weighted by Gasteiger charge is -2.25. The van der Waals surface area contributed by atoms with Crippen molar-refractivity contribution in [2.45, 2.75) is 25.4 Å². The van der Waals surface area contributed by atoms with Crippen molar-refractivity contribution in [2.75, 3.05) is 34.4 Å². The van der Waals surface area contributed by atoms with Gasteiger partial charge < -0.3 is 24.3 Å². The first kappa shape index (κ1) is 15.0. The third-order valence-electron chi connectivity index (χ3n) is 2.45. The highest BCUT2D eigenvalue weighted by Gasteiger charge is 2.37. The van der Waals surface area contributed by atoms with E-state index in [2.05, 4.69) is 12.2 Å². The fraction of sp³-hybridized carbons (Fsp3) is 1.00. The van der Waals surface area contributed by atoms with Crippen LogP contribution in [-0.4, -0.2) is 49.3 Å². The molecular formula is C9H24N2O3Si. The Morgan fingerprint density at radius 2 is 1.73 bits per heavy atom. The second-order valence-corrected chi connectivity index (χ2v) is 6.57. The van der Waals surface area contributed by atoms with Crippen LogP contribution in [-0.2, 0) is 13.3 Å². The summed E-state index contributed by atoms with van der Waals surface area (Å²) in [6.45, 7) is 3.62. The molecule has 0 aromatic heterocycles. The summed E-state index contributed by atoms with van der Waals surface area (Å²) in [5.41, 5.74) is 5.41. The van der Waals surface area contributed by atoms with Gasteiger partial charge in [-0.1, -0.05) is 0 Å². The molecule has 0 rings (SSSR count). The molecule has 0 aromatic rings. The van der Waals surface area contributed by atoms with Gasteiger partial charge in [0, 0.05) is 46.5 Å². The summed E-state index contributed by atoms with van der Waals surface area (Å²) in [6, 6.07) is 1.22. The van der Waals surface area contributed by atoms with Crippen LogP contribution in [0.25, 0.3) is 0 Å². The highest BCUT2D eigenvalue weighted by molar-refractivity contribution is 6.60. The van der Waals surface area contributed by atoms with E-state index in [0.29, 0.717) is 12.6 Å². The Hall–Kier alpha value is 0.0169. The fourth-order valence-electron chi connectivity index (χ4n) is 1.38. The fourth-order valence-corrected chi connectivity index (χ4v) is 3.28. The van der Waals surface area contributed by atoms with Crippen LogP contribution in [0.15, 0.2) is 0 Å². The van der Waals surface area contributed by atoms with Crippen molar-refractivity contribution >= 4 is 8.80 Å². The minimum atomic E-state index is -2.39. The van der Waals surface area contributed by atoms with Gasteiger partial charge in [0.25, 0.3) is 0 Å². The number of rotatable bonds is 9. The Morgan fingerprint density at radius 3 is 2.13 bits per heavy atom.